The fraction of sp³-hybridized carbons (Fsp3) is 0.364. The van der Waals surface area contributed by atoms with Crippen LogP contribution in [0, 0.1) is 22.7 Å². The molecule has 1 aliphatic heterocycles. The zero-order chi connectivity index (χ0) is 31.8. The van der Waals surface area contributed by atoms with Gasteiger partial charge in [0.25, 0.3) is 0 Å². The van der Waals surface area contributed by atoms with Crippen molar-refractivity contribution in [3.05, 3.63) is 99.5 Å². The first-order chi connectivity index (χ1) is 20.8. The molecule has 1 N–H and O–H groups in total. The normalized spacial score (nSPS) is 22.7. The van der Waals surface area contributed by atoms with Gasteiger partial charge in [-0.1, -0.05) is 60.5 Å². The SMILES string of the molecule is C[C@]1(CC(=O)O)C[C@H](c2cccc(Cl)c2)[C@@H](c2ccc(Cl)cc2)N([C@H](CN(c2cccc(C#N)c2)S(C)(=O)=O)C2CC2)C1=O. The molecule has 0 spiro atoms. The van der Waals surface area contributed by atoms with E-state index in [2.05, 4.69) is 6.07 Å². The lowest BCUT2D eigenvalue weighted by Crippen LogP contribution is -2.59. The average molecular weight is 655 g/mol. The minimum atomic E-state index is -3.85. The van der Waals surface area contributed by atoms with E-state index in [1.54, 1.807) is 48.2 Å². The number of piperidine rings is 1. The standard InChI is InChI=1S/C33H33Cl2N3O5S/c1-33(18-30(39)40)17-28(24-6-4-7-26(35)16-24)31(23-11-13-25(34)14-12-23)38(32(33)41)29(22-9-10-22)20-37(44(2,42)43)27-8-3-5-21(15-27)19-36/h3-8,11-16,22,28-29,31H,9-10,17-18,20H2,1-2H3,(H,39,40)/t28-,29-,31-,33-/m1/s1. The number of halogens is 2. The molecule has 44 heavy (non-hydrogen) atoms. The van der Waals surface area contributed by atoms with E-state index in [1.807, 2.05) is 30.3 Å². The van der Waals surface area contributed by atoms with E-state index >= 15 is 0 Å². The van der Waals surface area contributed by atoms with Crippen LogP contribution >= 0.6 is 23.2 Å². The molecule has 1 amide bonds. The molecule has 1 aliphatic carbocycles. The molecule has 2 fully saturated rings. The second-order valence-corrected chi connectivity index (χ2v) is 14.8. The van der Waals surface area contributed by atoms with E-state index in [-0.39, 0.29) is 37.1 Å². The number of carbonyl (C=O) groups is 2. The highest BCUT2D eigenvalue weighted by atomic mass is 35.5. The van der Waals surface area contributed by atoms with Gasteiger partial charge < -0.3 is 10.0 Å². The summed E-state index contributed by atoms with van der Waals surface area (Å²) < 4.78 is 27.8. The highest BCUT2D eigenvalue weighted by Gasteiger charge is 2.55. The van der Waals surface area contributed by atoms with Crippen molar-refractivity contribution < 1.29 is 23.1 Å². The number of carboxylic acids is 1. The smallest absolute Gasteiger partial charge is 0.304 e. The molecule has 5 rings (SSSR count). The molecule has 1 saturated carbocycles. The fourth-order valence-electron chi connectivity index (χ4n) is 6.52. The minimum absolute atomic E-state index is 0.00987. The largest absolute Gasteiger partial charge is 0.481 e. The van der Waals surface area contributed by atoms with Crippen LogP contribution in [-0.2, 0) is 19.6 Å². The lowest BCUT2D eigenvalue weighted by atomic mass is 9.67. The van der Waals surface area contributed by atoms with Crippen LogP contribution in [0.3, 0.4) is 0 Å². The highest BCUT2D eigenvalue weighted by Crippen LogP contribution is 2.54. The number of nitrogens with zero attached hydrogens (tertiary/aromatic N) is 3. The molecule has 11 heteroatoms. The molecule has 230 valence electrons. The third-order valence-electron chi connectivity index (χ3n) is 8.67. The molecule has 1 heterocycles. The number of likely N-dealkylation sites (tertiary alicyclic amines) is 1. The van der Waals surface area contributed by atoms with Gasteiger partial charge in [-0.2, -0.15) is 5.26 Å². The summed E-state index contributed by atoms with van der Waals surface area (Å²) >= 11 is 12.7. The van der Waals surface area contributed by atoms with Gasteiger partial charge in [-0.3, -0.25) is 13.9 Å². The van der Waals surface area contributed by atoms with E-state index in [0.29, 0.717) is 21.3 Å². The van der Waals surface area contributed by atoms with Crippen molar-refractivity contribution in [1.82, 2.24) is 4.90 Å². The minimum Gasteiger partial charge on any atom is -0.481 e. The van der Waals surface area contributed by atoms with Crippen molar-refractivity contribution in [3.63, 3.8) is 0 Å². The predicted molar refractivity (Wildman–Crippen MR) is 170 cm³/mol. The van der Waals surface area contributed by atoms with E-state index in [9.17, 15) is 28.4 Å². The first-order valence-corrected chi connectivity index (χ1v) is 16.9. The number of aliphatic carboxylic acids is 1. The Morgan fingerprint density at radius 2 is 1.75 bits per heavy atom. The molecule has 0 aromatic heterocycles. The summed E-state index contributed by atoms with van der Waals surface area (Å²) in [5.41, 5.74) is 1.01. The van der Waals surface area contributed by atoms with Crippen molar-refractivity contribution in [2.75, 3.05) is 17.1 Å². The molecule has 0 radical (unpaired) electrons. The third kappa shape index (κ3) is 6.73. The maximum atomic E-state index is 14.7. The van der Waals surface area contributed by atoms with Gasteiger partial charge in [0.2, 0.25) is 15.9 Å². The molecular formula is C33H33Cl2N3O5S. The second kappa shape index (κ2) is 12.4. The number of carboxylic acid groups (broad SMARTS) is 1. The Labute approximate surface area is 267 Å². The topological polar surface area (TPSA) is 119 Å². The Kier molecular flexibility index (Phi) is 8.99. The molecule has 3 aromatic rings. The number of sulfonamides is 1. The third-order valence-corrected chi connectivity index (χ3v) is 10.3. The van der Waals surface area contributed by atoms with Gasteiger partial charge in [-0.25, -0.2) is 8.42 Å². The summed E-state index contributed by atoms with van der Waals surface area (Å²) in [6.45, 7) is 1.63. The summed E-state index contributed by atoms with van der Waals surface area (Å²) in [4.78, 5) is 28.6. The van der Waals surface area contributed by atoms with Crippen LogP contribution in [0.1, 0.15) is 61.3 Å². The Bertz CT molecular complexity index is 1720. The van der Waals surface area contributed by atoms with Crippen LogP contribution in [0.2, 0.25) is 10.0 Å². The number of hydrogen-bond acceptors (Lipinski definition) is 5. The number of rotatable bonds is 10. The average Bonchev–Trinajstić information content (AvgIpc) is 3.80. The van der Waals surface area contributed by atoms with Gasteiger partial charge in [0.15, 0.2) is 0 Å². The van der Waals surface area contributed by atoms with Crippen LogP contribution in [0.5, 0.6) is 0 Å². The van der Waals surface area contributed by atoms with E-state index in [1.165, 1.54) is 10.4 Å². The van der Waals surface area contributed by atoms with E-state index < -0.39 is 33.5 Å². The summed E-state index contributed by atoms with van der Waals surface area (Å²) in [5.74, 6) is -1.80. The van der Waals surface area contributed by atoms with Gasteiger partial charge in [0.05, 0.1) is 54.0 Å². The van der Waals surface area contributed by atoms with Gasteiger partial charge >= 0.3 is 5.97 Å². The Morgan fingerprint density at radius 1 is 1.07 bits per heavy atom. The number of anilines is 1. The zero-order valence-electron chi connectivity index (χ0n) is 24.4. The lowest BCUT2D eigenvalue weighted by molar-refractivity contribution is -0.160. The highest BCUT2D eigenvalue weighted by molar-refractivity contribution is 7.92. The molecular weight excluding hydrogens is 621 g/mol. The second-order valence-electron chi connectivity index (χ2n) is 12.1. The van der Waals surface area contributed by atoms with E-state index in [0.717, 1.165) is 30.2 Å². The number of hydrogen-bond donors (Lipinski definition) is 1. The van der Waals surface area contributed by atoms with Crippen molar-refractivity contribution in [2.45, 2.75) is 50.6 Å². The monoisotopic (exact) mass is 653 g/mol. The van der Waals surface area contributed by atoms with Gasteiger partial charge in [-0.15, -0.1) is 0 Å². The molecule has 0 bridgehead atoms. The number of carbonyl (C=O) groups excluding carboxylic acids is 1. The maximum Gasteiger partial charge on any atom is 0.304 e. The van der Waals surface area contributed by atoms with Crippen LogP contribution in [-0.4, -0.2) is 49.1 Å². The number of amides is 1. The van der Waals surface area contributed by atoms with Crippen molar-refractivity contribution in [3.8, 4) is 6.07 Å². The summed E-state index contributed by atoms with van der Waals surface area (Å²) in [6, 6.07) is 21.9. The lowest BCUT2D eigenvalue weighted by Gasteiger charge is -2.52. The maximum absolute atomic E-state index is 14.7. The van der Waals surface area contributed by atoms with Crippen LogP contribution < -0.4 is 4.31 Å². The van der Waals surface area contributed by atoms with Gasteiger partial charge in [-0.05, 0) is 78.8 Å². The molecule has 4 atom stereocenters. The van der Waals surface area contributed by atoms with Crippen LogP contribution in [0.25, 0.3) is 0 Å². The molecule has 3 aromatic carbocycles. The Hall–Kier alpha value is -3.58. The van der Waals surface area contributed by atoms with Crippen molar-refractivity contribution in [1.29, 1.82) is 5.26 Å². The summed E-state index contributed by atoms with van der Waals surface area (Å²) in [6.07, 6.45) is 2.54. The Balaban J connectivity index is 1.71. The predicted octanol–water partition coefficient (Wildman–Crippen LogP) is 6.65. The molecule has 1 saturated heterocycles. The van der Waals surface area contributed by atoms with Crippen molar-refractivity contribution in [2.24, 2.45) is 11.3 Å². The molecule has 0 unspecified atom stereocenters. The molecule has 8 nitrogen and oxygen atoms in total. The summed E-state index contributed by atoms with van der Waals surface area (Å²) in [7, 11) is -3.85. The zero-order valence-corrected chi connectivity index (χ0v) is 26.7. The van der Waals surface area contributed by atoms with Crippen molar-refractivity contribution >= 4 is 50.8 Å². The van der Waals surface area contributed by atoms with Crippen LogP contribution in [0.4, 0.5) is 5.69 Å². The first kappa shape index (κ1) is 31.8. The van der Waals surface area contributed by atoms with E-state index in [4.69, 9.17) is 23.2 Å². The van der Waals surface area contributed by atoms with Gasteiger partial charge in [0.1, 0.15) is 0 Å². The Morgan fingerprint density at radius 3 is 2.34 bits per heavy atom. The first-order valence-electron chi connectivity index (χ1n) is 14.3. The summed E-state index contributed by atoms with van der Waals surface area (Å²) in [5, 5.41) is 20.5. The molecule has 2 aliphatic rings. The fourth-order valence-corrected chi connectivity index (χ4v) is 7.77. The number of benzene rings is 3. The number of nitriles is 1. The van der Waals surface area contributed by atoms with Gasteiger partial charge in [0, 0.05) is 16.0 Å². The van der Waals surface area contributed by atoms with Crippen LogP contribution in [0.15, 0.2) is 72.8 Å². The quantitative estimate of drug-likeness (QED) is 0.262.